The van der Waals surface area contributed by atoms with Gasteiger partial charge in [0.15, 0.2) is 0 Å². The third kappa shape index (κ3) is 3.87. The van der Waals surface area contributed by atoms with Crippen molar-refractivity contribution in [3.05, 3.63) is 52.0 Å². The van der Waals surface area contributed by atoms with Crippen LogP contribution in [0.1, 0.15) is 12.5 Å². The predicted octanol–water partition coefficient (Wildman–Crippen LogP) is 5.24. The minimum atomic E-state index is -4.51. The van der Waals surface area contributed by atoms with Crippen molar-refractivity contribution >= 4 is 38.9 Å². The van der Waals surface area contributed by atoms with Gasteiger partial charge in [0.05, 0.1) is 23.4 Å². The average molecular weight is 428 g/mol. The van der Waals surface area contributed by atoms with Gasteiger partial charge in [-0.25, -0.2) is 8.42 Å². The second kappa shape index (κ2) is 7.54. The molecule has 26 heavy (non-hydrogen) atoms. The lowest BCUT2D eigenvalue weighted by Crippen LogP contribution is -2.31. The van der Waals surface area contributed by atoms with Crippen molar-refractivity contribution in [3.63, 3.8) is 0 Å². The molecule has 0 radical (unpaired) electrons. The van der Waals surface area contributed by atoms with Gasteiger partial charge in [0.2, 0.25) is 0 Å². The topological polar surface area (TPSA) is 46.6 Å². The van der Waals surface area contributed by atoms with Crippen molar-refractivity contribution < 1.29 is 26.3 Å². The lowest BCUT2D eigenvalue weighted by atomic mass is 10.2. The van der Waals surface area contributed by atoms with Crippen molar-refractivity contribution in [3.8, 4) is 5.75 Å². The Kier molecular flexibility index (Phi) is 5.99. The number of hydrogen-bond donors (Lipinski definition) is 0. The first-order valence-corrected chi connectivity index (χ1v) is 9.45. The van der Waals surface area contributed by atoms with E-state index in [2.05, 4.69) is 0 Å². The molecule has 10 heteroatoms. The van der Waals surface area contributed by atoms with E-state index in [9.17, 15) is 21.6 Å². The highest BCUT2D eigenvalue weighted by Crippen LogP contribution is 2.39. The lowest BCUT2D eigenvalue weighted by molar-refractivity contribution is -0.137. The van der Waals surface area contributed by atoms with Crippen LogP contribution in [-0.2, 0) is 16.2 Å². The van der Waals surface area contributed by atoms with Crippen molar-refractivity contribution in [2.45, 2.75) is 18.0 Å². The SMILES string of the molecule is CCN(c1ccc(C(F)(F)F)cc1)S(=O)(=O)c1ccc(OC)c(Cl)c1Cl. The van der Waals surface area contributed by atoms with Crippen LogP contribution in [0.5, 0.6) is 5.75 Å². The normalized spacial score (nSPS) is 12.1. The maximum atomic E-state index is 12.9. The van der Waals surface area contributed by atoms with Gasteiger partial charge in [0, 0.05) is 6.54 Å². The molecule has 4 nitrogen and oxygen atoms in total. The van der Waals surface area contributed by atoms with Crippen LogP contribution in [-0.4, -0.2) is 22.1 Å². The number of rotatable bonds is 5. The highest BCUT2D eigenvalue weighted by molar-refractivity contribution is 7.93. The summed E-state index contributed by atoms with van der Waals surface area (Å²) in [5, 5.41) is -0.296. The Balaban J connectivity index is 2.51. The smallest absolute Gasteiger partial charge is 0.416 e. The van der Waals surface area contributed by atoms with Crippen LogP contribution >= 0.6 is 23.2 Å². The molecule has 0 N–H and O–H groups in total. The van der Waals surface area contributed by atoms with Gasteiger partial charge in [-0.05, 0) is 43.3 Å². The summed E-state index contributed by atoms with van der Waals surface area (Å²) in [6.45, 7) is 1.53. The molecule has 0 aliphatic rings. The first-order valence-electron chi connectivity index (χ1n) is 7.26. The summed E-state index contributed by atoms with van der Waals surface area (Å²) < 4.78 is 69.9. The molecule has 2 aromatic carbocycles. The monoisotopic (exact) mass is 427 g/mol. The van der Waals surface area contributed by atoms with Crippen LogP contribution in [0.15, 0.2) is 41.3 Å². The second-order valence-electron chi connectivity index (χ2n) is 5.11. The number of ether oxygens (including phenoxy) is 1. The standard InChI is InChI=1S/C16H14Cl2F3NO3S/c1-3-22(11-6-4-10(5-7-11)16(19,20)21)26(23,24)13-9-8-12(25-2)14(17)15(13)18/h4-9H,3H2,1-2H3. The Bertz CT molecular complexity index is 900. The molecule has 0 atom stereocenters. The molecule has 0 bridgehead atoms. The van der Waals surface area contributed by atoms with E-state index in [0.717, 1.165) is 28.6 Å². The number of benzene rings is 2. The Morgan fingerprint density at radius 2 is 1.62 bits per heavy atom. The van der Waals surface area contributed by atoms with Crippen molar-refractivity contribution in [1.29, 1.82) is 0 Å². The highest BCUT2D eigenvalue weighted by atomic mass is 35.5. The largest absolute Gasteiger partial charge is 0.495 e. The zero-order valence-electron chi connectivity index (χ0n) is 13.6. The number of methoxy groups -OCH3 is 1. The van der Waals surface area contributed by atoms with E-state index >= 15 is 0 Å². The van der Waals surface area contributed by atoms with Crippen LogP contribution in [0.3, 0.4) is 0 Å². The molecule has 0 aromatic heterocycles. The summed E-state index contributed by atoms with van der Waals surface area (Å²) in [7, 11) is -2.80. The van der Waals surface area contributed by atoms with E-state index in [1.165, 1.54) is 19.2 Å². The molecule has 0 amide bonds. The number of anilines is 1. The Hall–Kier alpha value is -1.64. The van der Waals surface area contributed by atoms with E-state index in [1.54, 1.807) is 6.92 Å². The second-order valence-corrected chi connectivity index (χ2v) is 7.70. The van der Waals surface area contributed by atoms with E-state index < -0.39 is 21.8 Å². The minimum absolute atomic E-state index is 0.0202. The van der Waals surface area contributed by atoms with E-state index in [1.807, 2.05) is 0 Å². The highest BCUT2D eigenvalue weighted by Gasteiger charge is 2.32. The van der Waals surface area contributed by atoms with Crippen molar-refractivity contribution in [2.24, 2.45) is 0 Å². The Morgan fingerprint density at radius 1 is 1.04 bits per heavy atom. The first kappa shape index (κ1) is 20.7. The van der Waals surface area contributed by atoms with Gasteiger partial charge in [-0.15, -0.1) is 0 Å². The van der Waals surface area contributed by atoms with Gasteiger partial charge in [-0.2, -0.15) is 13.2 Å². The van der Waals surface area contributed by atoms with Gasteiger partial charge < -0.3 is 4.74 Å². The minimum Gasteiger partial charge on any atom is -0.495 e. The fourth-order valence-electron chi connectivity index (χ4n) is 2.30. The van der Waals surface area contributed by atoms with Gasteiger partial charge >= 0.3 is 6.18 Å². The number of hydrogen-bond acceptors (Lipinski definition) is 3. The summed E-state index contributed by atoms with van der Waals surface area (Å²) in [6.07, 6.45) is -4.51. The molecule has 142 valence electrons. The Morgan fingerprint density at radius 3 is 2.08 bits per heavy atom. The first-order chi connectivity index (χ1) is 12.0. The van der Waals surface area contributed by atoms with E-state index in [0.29, 0.717) is 0 Å². The molecule has 0 fully saturated rings. The van der Waals surface area contributed by atoms with Crippen molar-refractivity contribution in [1.82, 2.24) is 0 Å². The zero-order valence-corrected chi connectivity index (χ0v) is 16.0. The van der Waals surface area contributed by atoms with Gasteiger partial charge in [0.1, 0.15) is 15.7 Å². The van der Waals surface area contributed by atoms with Crippen LogP contribution in [0, 0.1) is 0 Å². The van der Waals surface area contributed by atoms with E-state index in [4.69, 9.17) is 27.9 Å². The molecule has 0 heterocycles. The summed E-state index contributed by atoms with van der Waals surface area (Å²) >= 11 is 12.1. The number of nitrogens with zero attached hydrogens (tertiary/aromatic N) is 1. The molecular weight excluding hydrogens is 414 g/mol. The fourth-order valence-corrected chi connectivity index (χ4v) is 4.59. The number of halogens is 5. The van der Waals surface area contributed by atoms with Crippen molar-refractivity contribution in [2.75, 3.05) is 18.0 Å². The molecule has 0 unspecified atom stereocenters. The average Bonchev–Trinajstić information content (AvgIpc) is 2.57. The van der Waals surface area contributed by atoms with Crippen LogP contribution in [0.25, 0.3) is 0 Å². The predicted molar refractivity (Wildman–Crippen MR) is 94.7 cm³/mol. The van der Waals surface area contributed by atoms with E-state index in [-0.39, 0.29) is 32.9 Å². The summed E-state index contributed by atoms with van der Waals surface area (Å²) in [4.78, 5) is -0.272. The summed E-state index contributed by atoms with van der Waals surface area (Å²) in [6, 6.07) is 6.38. The lowest BCUT2D eigenvalue weighted by Gasteiger charge is -2.24. The molecule has 2 rings (SSSR count). The molecule has 2 aromatic rings. The molecule has 0 saturated carbocycles. The zero-order chi connectivity index (χ0) is 19.7. The third-order valence-electron chi connectivity index (χ3n) is 3.57. The molecule has 0 aliphatic carbocycles. The Labute approximate surface area is 159 Å². The molecule has 0 saturated heterocycles. The maximum absolute atomic E-state index is 12.9. The molecular formula is C16H14Cl2F3NO3S. The quantitative estimate of drug-likeness (QED) is 0.655. The maximum Gasteiger partial charge on any atom is 0.416 e. The van der Waals surface area contributed by atoms with Gasteiger partial charge in [0.25, 0.3) is 10.0 Å². The fraction of sp³-hybridized carbons (Fsp3) is 0.250. The van der Waals surface area contributed by atoms with Crippen LogP contribution < -0.4 is 9.04 Å². The van der Waals surface area contributed by atoms with Gasteiger partial charge in [-0.3, -0.25) is 4.31 Å². The number of sulfonamides is 1. The summed E-state index contributed by atoms with van der Waals surface area (Å²) in [5.74, 6) is 0.202. The third-order valence-corrected chi connectivity index (χ3v) is 6.49. The molecule has 0 aliphatic heterocycles. The number of alkyl halides is 3. The molecule has 0 spiro atoms. The van der Waals surface area contributed by atoms with Crippen LogP contribution in [0.4, 0.5) is 18.9 Å². The van der Waals surface area contributed by atoms with Gasteiger partial charge in [-0.1, -0.05) is 23.2 Å². The summed E-state index contributed by atoms with van der Waals surface area (Å²) in [5.41, 5.74) is -0.802. The van der Waals surface area contributed by atoms with Crippen LogP contribution in [0.2, 0.25) is 10.0 Å².